The Hall–Kier alpha value is -0.740. The Labute approximate surface area is 99.8 Å². The highest BCUT2D eigenvalue weighted by Crippen LogP contribution is 2.33. The molecule has 0 saturated carbocycles. The molecule has 1 aliphatic rings. The number of aryl methyl sites for hydroxylation is 1. The topological polar surface area (TPSA) is 39.2 Å². The van der Waals surface area contributed by atoms with Gasteiger partial charge in [0.15, 0.2) is 5.78 Å². The minimum atomic E-state index is 0.130. The molecule has 1 aliphatic heterocycles. The molecule has 1 aromatic heterocycles. The Kier molecular flexibility index (Phi) is 3.71. The molecule has 0 aliphatic carbocycles. The fourth-order valence-corrected chi connectivity index (χ4v) is 3.05. The number of carbonyl (C=O) groups excluding carboxylic acids is 1. The van der Waals surface area contributed by atoms with Crippen LogP contribution in [0.15, 0.2) is 0 Å². The van der Waals surface area contributed by atoms with Crippen molar-refractivity contribution in [2.24, 2.45) is 0 Å². The number of ketones is 1. The molecule has 2 heterocycles. The van der Waals surface area contributed by atoms with Crippen LogP contribution in [-0.4, -0.2) is 17.4 Å². The minimum Gasteiger partial charge on any atom is -0.371 e. The van der Waals surface area contributed by atoms with E-state index in [4.69, 9.17) is 4.74 Å². The summed E-state index contributed by atoms with van der Waals surface area (Å²) in [6.07, 6.45) is 4.18. The molecule has 0 radical (unpaired) electrons. The zero-order valence-corrected chi connectivity index (χ0v) is 10.6. The molecule has 88 valence electrons. The summed E-state index contributed by atoms with van der Waals surface area (Å²) in [6, 6.07) is 0. The van der Waals surface area contributed by atoms with Crippen molar-refractivity contribution in [3.05, 3.63) is 15.6 Å². The minimum absolute atomic E-state index is 0.130. The van der Waals surface area contributed by atoms with Gasteiger partial charge < -0.3 is 4.74 Å². The standard InChI is InChI=1S/C12H17NO2S/c1-3-5-9-11(8(2)14)16-12(13-9)10-6-4-7-15-10/h10H,3-7H2,1-2H3. The van der Waals surface area contributed by atoms with E-state index in [0.29, 0.717) is 0 Å². The Morgan fingerprint density at radius 3 is 3.00 bits per heavy atom. The SMILES string of the molecule is CCCc1nc(C2CCCO2)sc1C(C)=O. The zero-order valence-electron chi connectivity index (χ0n) is 9.78. The molecule has 2 rings (SSSR count). The second kappa shape index (κ2) is 5.06. The van der Waals surface area contributed by atoms with Gasteiger partial charge in [0.1, 0.15) is 11.1 Å². The number of rotatable bonds is 4. The van der Waals surface area contributed by atoms with Crippen molar-refractivity contribution in [1.29, 1.82) is 0 Å². The van der Waals surface area contributed by atoms with Crippen molar-refractivity contribution in [2.75, 3.05) is 6.61 Å². The number of aromatic nitrogens is 1. The van der Waals surface area contributed by atoms with E-state index in [1.54, 1.807) is 6.92 Å². The van der Waals surface area contributed by atoms with Crippen molar-refractivity contribution in [2.45, 2.75) is 45.6 Å². The lowest BCUT2D eigenvalue weighted by Gasteiger charge is -2.03. The number of carbonyl (C=O) groups is 1. The monoisotopic (exact) mass is 239 g/mol. The first kappa shape index (κ1) is 11.7. The number of Topliss-reactive ketones (excluding diaryl/α,β-unsaturated/α-hetero) is 1. The van der Waals surface area contributed by atoms with E-state index in [-0.39, 0.29) is 11.9 Å². The van der Waals surface area contributed by atoms with Crippen molar-refractivity contribution in [3.8, 4) is 0 Å². The predicted octanol–water partition coefficient (Wildman–Crippen LogP) is 3.15. The fourth-order valence-electron chi connectivity index (χ4n) is 1.96. The highest BCUT2D eigenvalue weighted by atomic mass is 32.1. The Morgan fingerprint density at radius 2 is 2.44 bits per heavy atom. The van der Waals surface area contributed by atoms with Crippen molar-refractivity contribution in [3.63, 3.8) is 0 Å². The molecular formula is C12H17NO2S. The molecule has 0 spiro atoms. The third-order valence-electron chi connectivity index (χ3n) is 2.73. The number of nitrogens with zero attached hydrogens (tertiary/aromatic N) is 1. The van der Waals surface area contributed by atoms with Crippen LogP contribution in [-0.2, 0) is 11.2 Å². The van der Waals surface area contributed by atoms with E-state index in [1.165, 1.54) is 11.3 Å². The molecular weight excluding hydrogens is 222 g/mol. The van der Waals surface area contributed by atoms with Crippen LogP contribution in [0.25, 0.3) is 0 Å². The average molecular weight is 239 g/mol. The zero-order chi connectivity index (χ0) is 11.5. The van der Waals surface area contributed by atoms with Gasteiger partial charge in [-0.15, -0.1) is 11.3 Å². The van der Waals surface area contributed by atoms with Gasteiger partial charge in [-0.2, -0.15) is 0 Å². The summed E-state index contributed by atoms with van der Waals surface area (Å²) in [7, 11) is 0. The van der Waals surface area contributed by atoms with Crippen LogP contribution in [0.5, 0.6) is 0 Å². The van der Waals surface area contributed by atoms with E-state index in [2.05, 4.69) is 11.9 Å². The highest BCUT2D eigenvalue weighted by Gasteiger charge is 2.24. The van der Waals surface area contributed by atoms with Crippen LogP contribution < -0.4 is 0 Å². The molecule has 4 heteroatoms. The smallest absolute Gasteiger partial charge is 0.171 e. The van der Waals surface area contributed by atoms with Crippen LogP contribution in [0, 0.1) is 0 Å². The van der Waals surface area contributed by atoms with Gasteiger partial charge in [0.05, 0.1) is 10.6 Å². The summed E-state index contributed by atoms with van der Waals surface area (Å²) in [5.74, 6) is 0.130. The van der Waals surface area contributed by atoms with Crippen molar-refractivity contribution in [1.82, 2.24) is 4.98 Å². The lowest BCUT2D eigenvalue weighted by molar-refractivity contribution is 0.102. The van der Waals surface area contributed by atoms with Crippen molar-refractivity contribution >= 4 is 17.1 Å². The fraction of sp³-hybridized carbons (Fsp3) is 0.667. The van der Waals surface area contributed by atoms with E-state index in [1.807, 2.05) is 0 Å². The Morgan fingerprint density at radius 1 is 1.62 bits per heavy atom. The number of hydrogen-bond donors (Lipinski definition) is 0. The van der Waals surface area contributed by atoms with E-state index < -0.39 is 0 Å². The third-order valence-corrected chi connectivity index (χ3v) is 4.02. The van der Waals surface area contributed by atoms with Gasteiger partial charge >= 0.3 is 0 Å². The summed E-state index contributed by atoms with van der Waals surface area (Å²) in [4.78, 5) is 16.9. The third kappa shape index (κ3) is 2.33. The molecule has 0 amide bonds. The molecule has 0 aromatic carbocycles. The quantitative estimate of drug-likeness (QED) is 0.758. The van der Waals surface area contributed by atoms with Gasteiger partial charge in [-0.1, -0.05) is 13.3 Å². The highest BCUT2D eigenvalue weighted by molar-refractivity contribution is 7.13. The van der Waals surface area contributed by atoms with Gasteiger partial charge in [-0.25, -0.2) is 4.98 Å². The van der Waals surface area contributed by atoms with Crippen LogP contribution >= 0.6 is 11.3 Å². The average Bonchev–Trinajstić information content (AvgIpc) is 2.83. The molecule has 3 nitrogen and oxygen atoms in total. The van der Waals surface area contributed by atoms with Crippen LogP contribution in [0.2, 0.25) is 0 Å². The first-order valence-corrected chi connectivity index (χ1v) is 6.66. The largest absolute Gasteiger partial charge is 0.371 e. The first-order valence-electron chi connectivity index (χ1n) is 5.84. The van der Waals surface area contributed by atoms with Gasteiger partial charge in [-0.3, -0.25) is 4.79 Å². The van der Waals surface area contributed by atoms with Crippen LogP contribution in [0.4, 0.5) is 0 Å². The molecule has 1 fully saturated rings. The first-order chi connectivity index (χ1) is 7.72. The lowest BCUT2D eigenvalue weighted by atomic mass is 10.2. The lowest BCUT2D eigenvalue weighted by Crippen LogP contribution is -1.97. The maximum Gasteiger partial charge on any atom is 0.171 e. The molecule has 1 aromatic rings. The maximum absolute atomic E-state index is 11.5. The van der Waals surface area contributed by atoms with Gasteiger partial charge in [-0.05, 0) is 19.3 Å². The van der Waals surface area contributed by atoms with Gasteiger partial charge in [0.25, 0.3) is 0 Å². The van der Waals surface area contributed by atoms with Crippen molar-refractivity contribution < 1.29 is 9.53 Å². The summed E-state index contributed by atoms with van der Waals surface area (Å²) >= 11 is 1.52. The molecule has 0 bridgehead atoms. The summed E-state index contributed by atoms with van der Waals surface area (Å²) in [5.41, 5.74) is 0.963. The normalized spacial score (nSPS) is 20.2. The molecule has 0 N–H and O–H groups in total. The van der Waals surface area contributed by atoms with Crippen LogP contribution in [0.3, 0.4) is 0 Å². The second-order valence-corrected chi connectivity index (χ2v) is 5.17. The predicted molar refractivity (Wildman–Crippen MR) is 64.0 cm³/mol. The van der Waals surface area contributed by atoms with E-state index in [0.717, 1.165) is 47.9 Å². The maximum atomic E-state index is 11.5. The Balaban J connectivity index is 2.26. The number of thiazole rings is 1. The summed E-state index contributed by atoms with van der Waals surface area (Å²) < 4.78 is 5.60. The molecule has 1 saturated heterocycles. The summed E-state index contributed by atoms with van der Waals surface area (Å²) in [5, 5.41) is 0.992. The van der Waals surface area contributed by atoms with Gasteiger partial charge in [0.2, 0.25) is 0 Å². The molecule has 1 atom stereocenters. The van der Waals surface area contributed by atoms with Crippen LogP contribution in [0.1, 0.15) is 59.6 Å². The molecule has 16 heavy (non-hydrogen) atoms. The molecule has 1 unspecified atom stereocenters. The van der Waals surface area contributed by atoms with E-state index in [9.17, 15) is 4.79 Å². The summed E-state index contributed by atoms with van der Waals surface area (Å²) in [6.45, 7) is 4.55. The van der Waals surface area contributed by atoms with Gasteiger partial charge in [0, 0.05) is 13.5 Å². The second-order valence-electron chi connectivity index (χ2n) is 4.14. The Bertz CT molecular complexity index is 380. The number of ether oxygens (including phenoxy) is 1. The number of hydrogen-bond acceptors (Lipinski definition) is 4. The van der Waals surface area contributed by atoms with E-state index >= 15 is 0 Å².